The lowest BCUT2D eigenvalue weighted by Gasteiger charge is -2.24. The van der Waals surface area contributed by atoms with Crippen molar-refractivity contribution < 1.29 is 27.9 Å². The van der Waals surface area contributed by atoms with E-state index in [1.807, 2.05) is 0 Å². The largest absolute Gasteiger partial charge is 0.509 e. The van der Waals surface area contributed by atoms with Gasteiger partial charge in [0.15, 0.2) is 0 Å². The number of aliphatic hydroxyl groups is 1. The topological polar surface area (TPSA) is 117 Å². The van der Waals surface area contributed by atoms with Gasteiger partial charge >= 0.3 is 6.18 Å². The number of rotatable bonds is 8. The van der Waals surface area contributed by atoms with Crippen LogP contribution in [0.4, 0.5) is 13.2 Å². The van der Waals surface area contributed by atoms with Gasteiger partial charge in [0, 0.05) is 12.3 Å². The smallest absolute Gasteiger partial charge is 0.409 e. The van der Waals surface area contributed by atoms with E-state index in [2.05, 4.69) is 28.9 Å². The zero-order chi connectivity index (χ0) is 20.7. The van der Waals surface area contributed by atoms with Crippen LogP contribution in [0.25, 0.3) is 0 Å². The van der Waals surface area contributed by atoms with Gasteiger partial charge in [0.1, 0.15) is 11.3 Å². The van der Waals surface area contributed by atoms with Gasteiger partial charge in [-0.05, 0) is 39.3 Å². The molecule has 0 rings (SSSR count). The highest BCUT2D eigenvalue weighted by molar-refractivity contribution is 6.18. The van der Waals surface area contributed by atoms with Crippen LogP contribution in [0.15, 0.2) is 52.5 Å². The first kappa shape index (κ1) is 23.1. The third-order valence-electron chi connectivity index (χ3n) is 3.24. The first-order valence-corrected chi connectivity index (χ1v) is 7.12. The highest BCUT2D eigenvalue weighted by Crippen LogP contribution is 2.20. The molecule has 144 valence electrons. The second-order valence-corrected chi connectivity index (χ2v) is 5.52. The molecule has 0 fully saturated rings. The maximum Gasteiger partial charge on any atom is 0.409 e. The number of carbonyl (C=O) groups is 2. The van der Waals surface area contributed by atoms with Crippen LogP contribution in [0.5, 0.6) is 0 Å². The highest BCUT2D eigenvalue weighted by Gasteiger charge is 2.30. The van der Waals surface area contributed by atoms with Crippen molar-refractivity contribution in [3.05, 3.63) is 47.5 Å². The maximum atomic E-state index is 12.2. The summed E-state index contributed by atoms with van der Waals surface area (Å²) in [6.07, 6.45) is -3.09. The predicted octanol–water partition coefficient (Wildman–Crippen LogP) is 1.61. The molecule has 26 heavy (non-hydrogen) atoms. The fourth-order valence-electron chi connectivity index (χ4n) is 1.49. The van der Waals surface area contributed by atoms with Crippen LogP contribution in [0, 0.1) is 0 Å². The zero-order valence-electron chi connectivity index (χ0n) is 14.6. The van der Waals surface area contributed by atoms with Crippen molar-refractivity contribution in [2.24, 2.45) is 10.7 Å². The fraction of sp³-hybridized carbons (Fsp3) is 0.312. The average molecular weight is 374 g/mol. The Hall–Kier alpha value is -2.88. The number of aliphatic hydroxyl groups excluding tert-OH is 1. The summed E-state index contributed by atoms with van der Waals surface area (Å²) >= 11 is 0. The minimum atomic E-state index is -4.55. The van der Waals surface area contributed by atoms with Crippen LogP contribution >= 0.6 is 0 Å². The number of allylic oxidation sites excluding steroid dienone is 2. The van der Waals surface area contributed by atoms with E-state index in [9.17, 15) is 27.9 Å². The summed E-state index contributed by atoms with van der Waals surface area (Å²) in [5, 5.41) is 14.9. The number of likely N-dealkylation sites (N-methyl/N-ethyl adjacent to an activating group) is 1. The molecule has 0 unspecified atom stereocenters. The monoisotopic (exact) mass is 374 g/mol. The van der Waals surface area contributed by atoms with Gasteiger partial charge < -0.3 is 21.5 Å². The molecular formula is C16H21F3N4O3. The van der Waals surface area contributed by atoms with Gasteiger partial charge in [-0.3, -0.25) is 14.6 Å². The predicted molar refractivity (Wildman–Crippen MR) is 92.1 cm³/mol. The molecule has 0 aliphatic carbocycles. The number of nitrogens with zero attached hydrogens (tertiary/aromatic N) is 1. The van der Waals surface area contributed by atoms with Crippen molar-refractivity contribution in [1.29, 1.82) is 0 Å². The minimum absolute atomic E-state index is 0.0633. The van der Waals surface area contributed by atoms with E-state index in [0.29, 0.717) is 6.08 Å². The number of nitrogens with one attached hydrogen (secondary N) is 2. The second kappa shape index (κ2) is 8.99. The first-order chi connectivity index (χ1) is 11.8. The normalized spacial score (nSPS) is 14.0. The van der Waals surface area contributed by atoms with Crippen molar-refractivity contribution in [3.8, 4) is 0 Å². The van der Waals surface area contributed by atoms with Gasteiger partial charge in [0.25, 0.3) is 11.8 Å². The van der Waals surface area contributed by atoms with Crippen LogP contribution in [0.2, 0.25) is 0 Å². The molecule has 0 bridgehead atoms. The number of primary amides is 1. The van der Waals surface area contributed by atoms with Gasteiger partial charge in [0.2, 0.25) is 0 Å². The average Bonchev–Trinajstić information content (AvgIpc) is 2.52. The lowest BCUT2D eigenvalue weighted by molar-refractivity contribution is -0.122. The molecule has 7 nitrogen and oxygen atoms in total. The van der Waals surface area contributed by atoms with Crippen molar-refractivity contribution >= 4 is 18.5 Å². The lowest BCUT2D eigenvalue weighted by Crippen LogP contribution is -2.42. The third-order valence-corrected chi connectivity index (χ3v) is 3.24. The Morgan fingerprint density at radius 1 is 1.27 bits per heavy atom. The second-order valence-electron chi connectivity index (χ2n) is 5.52. The fourth-order valence-corrected chi connectivity index (χ4v) is 1.49. The van der Waals surface area contributed by atoms with Gasteiger partial charge in [-0.1, -0.05) is 6.58 Å². The molecule has 0 saturated heterocycles. The number of amides is 2. The van der Waals surface area contributed by atoms with Crippen LogP contribution in [-0.4, -0.2) is 42.4 Å². The molecule has 0 aromatic carbocycles. The Morgan fingerprint density at radius 2 is 1.81 bits per heavy atom. The molecule has 0 aromatic rings. The van der Waals surface area contributed by atoms with Crippen molar-refractivity contribution in [3.63, 3.8) is 0 Å². The van der Waals surface area contributed by atoms with Crippen LogP contribution in [0.1, 0.15) is 13.8 Å². The van der Waals surface area contributed by atoms with Crippen molar-refractivity contribution in [2.45, 2.75) is 25.6 Å². The summed E-state index contributed by atoms with van der Waals surface area (Å²) in [7, 11) is 1.49. The summed E-state index contributed by atoms with van der Waals surface area (Å²) in [5.41, 5.74) is 2.89. The molecule has 0 atom stereocenters. The quantitative estimate of drug-likeness (QED) is 0.129. The third kappa shape index (κ3) is 6.93. The van der Waals surface area contributed by atoms with Crippen molar-refractivity contribution in [2.75, 3.05) is 7.05 Å². The minimum Gasteiger partial charge on any atom is -0.509 e. The number of nitrogens with two attached hydrogens (primary N) is 1. The van der Waals surface area contributed by atoms with E-state index in [1.54, 1.807) is 0 Å². The number of hydrogen-bond donors (Lipinski definition) is 4. The summed E-state index contributed by atoms with van der Waals surface area (Å²) in [6.45, 7) is 9.52. The summed E-state index contributed by atoms with van der Waals surface area (Å²) in [6, 6.07) is 0. The summed E-state index contributed by atoms with van der Waals surface area (Å²) in [5.74, 6) is -2.88. The van der Waals surface area contributed by atoms with E-state index in [0.717, 1.165) is 6.20 Å². The molecular weight excluding hydrogens is 353 g/mol. The maximum absolute atomic E-state index is 12.2. The van der Waals surface area contributed by atoms with Crippen molar-refractivity contribution in [1.82, 2.24) is 10.6 Å². The Bertz CT molecular complexity index is 689. The summed E-state index contributed by atoms with van der Waals surface area (Å²) < 4.78 is 36.5. The SMILES string of the molecule is C=N/C(=C/NC(=O)/C(C(N)=O)=C(\O)C(C)(C)NC)C(=C)/C=C/C(F)(F)F. The molecule has 0 aromatic heterocycles. The van der Waals surface area contributed by atoms with Gasteiger partial charge in [-0.25, -0.2) is 0 Å². The molecule has 2 amide bonds. The summed E-state index contributed by atoms with van der Waals surface area (Å²) in [4.78, 5) is 27.1. The van der Waals surface area contributed by atoms with E-state index in [-0.39, 0.29) is 17.3 Å². The van der Waals surface area contributed by atoms with Crippen LogP contribution < -0.4 is 16.4 Å². The van der Waals surface area contributed by atoms with Gasteiger partial charge in [0.05, 0.1) is 11.2 Å². The molecule has 10 heteroatoms. The Balaban J connectivity index is 5.63. The van der Waals surface area contributed by atoms with Crippen LogP contribution in [-0.2, 0) is 9.59 Å². The highest BCUT2D eigenvalue weighted by atomic mass is 19.4. The number of hydrogen-bond acceptors (Lipinski definition) is 5. The Morgan fingerprint density at radius 3 is 2.19 bits per heavy atom. The van der Waals surface area contributed by atoms with E-state index in [4.69, 9.17) is 5.73 Å². The van der Waals surface area contributed by atoms with Gasteiger partial charge in [-0.15, -0.1) is 0 Å². The molecule has 0 saturated carbocycles. The Labute approximate surface area is 148 Å². The van der Waals surface area contributed by atoms with E-state index in [1.165, 1.54) is 20.9 Å². The molecule has 0 spiro atoms. The Kier molecular flexibility index (Phi) is 8.00. The number of carbonyl (C=O) groups excluding carboxylic acids is 2. The van der Waals surface area contributed by atoms with Gasteiger partial charge in [-0.2, -0.15) is 13.2 Å². The number of alkyl halides is 3. The molecule has 0 aliphatic heterocycles. The number of halogens is 3. The van der Waals surface area contributed by atoms with E-state index < -0.39 is 34.9 Å². The zero-order valence-corrected chi connectivity index (χ0v) is 14.6. The molecule has 0 heterocycles. The molecule has 0 aliphatic rings. The number of aliphatic imine (C=N–C) groups is 1. The standard InChI is InChI=1S/C16H21F3N4O3/c1-9(6-7-16(17,18)19)10(21-4)8-23-14(26)11(13(20)25)12(24)15(2,3)22-5/h6-8,22,24H,1,4H2,2-3,5H3,(H2,20,25)(H,23,26)/b7-6+,10-8+,12-11-. The molecule has 5 N–H and O–H groups in total. The van der Waals surface area contributed by atoms with E-state index >= 15 is 0 Å². The van der Waals surface area contributed by atoms with Crippen LogP contribution in [0.3, 0.4) is 0 Å². The lowest BCUT2D eigenvalue weighted by atomic mass is 9.97. The first-order valence-electron chi connectivity index (χ1n) is 7.12. The molecule has 0 radical (unpaired) electrons.